The first-order valence-electron chi connectivity index (χ1n) is 7.66. The fourth-order valence-corrected chi connectivity index (χ4v) is 2.69. The summed E-state index contributed by atoms with van der Waals surface area (Å²) in [6.45, 7) is 15.7. The molecule has 1 rings (SSSR count). The number of nitrogens with zero attached hydrogens (tertiary/aromatic N) is 2. The Morgan fingerprint density at radius 2 is 1.85 bits per heavy atom. The number of morpholine rings is 1. The molecule has 116 valence electrons. The summed E-state index contributed by atoms with van der Waals surface area (Å²) < 4.78 is 5.39. The van der Waals surface area contributed by atoms with E-state index >= 15 is 0 Å². The molecule has 0 saturated carbocycles. The Kier molecular flexibility index (Phi) is 8.78. The first-order valence-corrected chi connectivity index (χ1v) is 7.66. The van der Waals surface area contributed by atoms with Crippen LogP contribution < -0.4 is 0 Å². The molecule has 1 heterocycles. The van der Waals surface area contributed by atoms with Gasteiger partial charge in [-0.25, -0.2) is 0 Å². The van der Waals surface area contributed by atoms with Crippen molar-refractivity contribution in [3.63, 3.8) is 0 Å². The monoisotopic (exact) mass is 282 g/mol. The van der Waals surface area contributed by atoms with Crippen molar-refractivity contribution in [3.8, 4) is 0 Å². The average Bonchev–Trinajstić information content (AvgIpc) is 2.46. The first kappa shape index (κ1) is 17.4. The highest BCUT2D eigenvalue weighted by atomic mass is 16.5. The molecule has 0 aromatic carbocycles. The predicted molar refractivity (Wildman–Crippen MR) is 83.9 cm³/mol. The zero-order valence-corrected chi connectivity index (χ0v) is 12.8. The summed E-state index contributed by atoms with van der Waals surface area (Å²) in [4.78, 5) is 4.64. The van der Waals surface area contributed by atoms with E-state index < -0.39 is 0 Å². The van der Waals surface area contributed by atoms with Crippen LogP contribution in [0.5, 0.6) is 0 Å². The van der Waals surface area contributed by atoms with E-state index in [0.29, 0.717) is 0 Å². The van der Waals surface area contributed by atoms with Crippen LogP contribution in [0.15, 0.2) is 25.3 Å². The maximum absolute atomic E-state index is 10.5. The van der Waals surface area contributed by atoms with Crippen LogP contribution in [-0.4, -0.2) is 73.0 Å². The van der Waals surface area contributed by atoms with Crippen molar-refractivity contribution in [2.24, 2.45) is 0 Å². The Balaban J connectivity index is 2.69. The molecule has 0 amide bonds. The fraction of sp³-hybridized carbons (Fsp3) is 0.750. The Morgan fingerprint density at radius 1 is 1.25 bits per heavy atom. The van der Waals surface area contributed by atoms with Gasteiger partial charge >= 0.3 is 0 Å². The van der Waals surface area contributed by atoms with E-state index in [4.69, 9.17) is 4.74 Å². The summed E-state index contributed by atoms with van der Waals surface area (Å²) in [6, 6.07) is 0.129. The van der Waals surface area contributed by atoms with Crippen molar-refractivity contribution in [1.29, 1.82) is 0 Å². The number of aliphatic hydroxyl groups excluding tert-OH is 1. The summed E-state index contributed by atoms with van der Waals surface area (Å²) in [5.74, 6) is 0. The van der Waals surface area contributed by atoms with Crippen LogP contribution in [0.2, 0.25) is 0 Å². The van der Waals surface area contributed by atoms with Gasteiger partial charge in [-0.1, -0.05) is 25.5 Å². The average molecular weight is 282 g/mol. The number of hydrogen-bond donors (Lipinski definition) is 1. The molecule has 1 aliphatic rings. The first-order chi connectivity index (χ1) is 9.72. The minimum atomic E-state index is -0.303. The summed E-state index contributed by atoms with van der Waals surface area (Å²) >= 11 is 0. The second-order valence-electron chi connectivity index (χ2n) is 5.37. The number of hydrogen-bond acceptors (Lipinski definition) is 4. The van der Waals surface area contributed by atoms with Crippen molar-refractivity contribution >= 4 is 0 Å². The molecule has 0 bridgehead atoms. The predicted octanol–water partition coefficient (Wildman–Crippen LogP) is 1.52. The van der Waals surface area contributed by atoms with E-state index in [1.165, 1.54) is 0 Å². The molecule has 0 aliphatic carbocycles. The van der Waals surface area contributed by atoms with Crippen LogP contribution in [0.3, 0.4) is 0 Å². The third-order valence-corrected chi connectivity index (χ3v) is 3.77. The quantitative estimate of drug-likeness (QED) is 0.616. The molecule has 1 fully saturated rings. The van der Waals surface area contributed by atoms with Crippen LogP contribution in [-0.2, 0) is 4.74 Å². The lowest BCUT2D eigenvalue weighted by Gasteiger charge is -2.38. The van der Waals surface area contributed by atoms with E-state index in [9.17, 15) is 5.11 Å². The van der Waals surface area contributed by atoms with Gasteiger partial charge in [0.15, 0.2) is 0 Å². The molecule has 1 aliphatic heterocycles. The Bertz CT molecular complexity index is 268. The fourth-order valence-electron chi connectivity index (χ4n) is 2.69. The molecule has 1 saturated heterocycles. The zero-order chi connectivity index (χ0) is 14.8. The van der Waals surface area contributed by atoms with Gasteiger partial charge in [0.2, 0.25) is 0 Å². The normalized spacial score (nSPS) is 19.8. The highest BCUT2D eigenvalue weighted by molar-refractivity contribution is 4.90. The Labute approximate surface area is 123 Å². The molecule has 0 spiro atoms. The third kappa shape index (κ3) is 5.75. The number of aliphatic hydroxyl groups is 1. The zero-order valence-electron chi connectivity index (χ0n) is 12.8. The number of ether oxygens (including phenoxy) is 1. The Morgan fingerprint density at radius 3 is 2.35 bits per heavy atom. The Hall–Kier alpha value is -0.680. The van der Waals surface area contributed by atoms with Gasteiger partial charge in [-0.3, -0.25) is 9.80 Å². The smallest absolute Gasteiger partial charge is 0.0708 e. The van der Waals surface area contributed by atoms with E-state index in [-0.39, 0.29) is 12.1 Å². The van der Waals surface area contributed by atoms with Gasteiger partial charge in [0.25, 0.3) is 0 Å². The minimum Gasteiger partial charge on any atom is -0.391 e. The molecular formula is C16H30N2O2. The topological polar surface area (TPSA) is 35.9 Å². The van der Waals surface area contributed by atoms with Gasteiger partial charge in [0.1, 0.15) is 0 Å². The van der Waals surface area contributed by atoms with Gasteiger partial charge in [-0.15, -0.1) is 13.2 Å². The van der Waals surface area contributed by atoms with Crippen LogP contribution >= 0.6 is 0 Å². The highest BCUT2D eigenvalue weighted by Crippen LogP contribution is 2.13. The lowest BCUT2D eigenvalue weighted by atomic mass is 10.0. The minimum absolute atomic E-state index is 0.129. The van der Waals surface area contributed by atoms with Gasteiger partial charge in [0.05, 0.1) is 19.3 Å². The molecule has 4 nitrogen and oxygen atoms in total. The van der Waals surface area contributed by atoms with Crippen molar-refractivity contribution in [1.82, 2.24) is 9.80 Å². The van der Waals surface area contributed by atoms with E-state index in [2.05, 4.69) is 29.9 Å². The molecule has 0 radical (unpaired) electrons. The molecule has 1 N–H and O–H groups in total. The maximum atomic E-state index is 10.5. The summed E-state index contributed by atoms with van der Waals surface area (Å²) in [5, 5.41) is 10.5. The van der Waals surface area contributed by atoms with Crippen molar-refractivity contribution in [3.05, 3.63) is 25.3 Å². The van der Waals surface area contributed by atoms with Gasteiger partial charge in [-0.05, 0) is 6.42 Å². The van der Waals surface area contributed by atoms with E-state index in [1.54, 1.807) is 0 Å². The molecule has 0 unspecified atom stereocenters. The lowest BCUT2D eigenvalue weighted by molar-refractivity contribution is -0.00546. The second-order valence-corrected chi connectivity index (χ2v) is 5.37. The third-order valence-electron chi connectivity index (χ3n) is 3.77. The molecule has 2 atom stereocenters. The standard InChI is InChI=1S/C16H30N2O2/c1-4-7-16(19)15(18(8-5-2)9-6-3)14-17-10-12-20-13-11-17/h5-6,15-16,19H,2-4,7-14H2,1H3/t15-,16+/m1/s1. The molecule has 0 aromatic rings. The SMILES string of the molecule is C=CCN(CC=C)[C@H](CN1CCOCC1)[C@@H](O)CCC. The van der Waals surface area contributed by atoms with Crippen LogP contribution in [0.25, 0.3) is 0 Å². The van der Waals surface area contributed by atoms with Crippen molar-refractivity contribution < 1.29 is 9.84 Å². The van der Waals surface area contributed by atoms with Gasteiger partial charge in [-0.2, -0.15) is 0 Å². The molecule has 4 heteroatoms. The molecule has 20 heavy (non-hydrogen) atoms. The number of rotatable bonds is 10. The van der Waals surface area contributed by atoms with Crippen molar-refractivity contribution in [2.45, 2.75) is 31.9 Å². The maximum Gasteiger partial charge on any atom is 0.0708 e. The summed E-state index contributed by atoms with van der Waals surface area (Å²) in [6.07, 6.45) is 5.32. The largest absolute Gasteiger partial charge is 0.391 e. The van der Waals surface area contributed by atoms with Gasteiger partial charge < -0.3 is 9.84 Å². The van der Waals surface area contributed by atoms with E-state index in [0.717, 1.165) is 58.8 Å². The lowest BCUT2D eigenvalue weighted by Crippen LogP contribution is -2.52. The molecule has 0 aromatic heterocycles. The van der Waals surface area contributed by atoms with Crippen molar-refractivity contribution in [2.75, 3.05) is 45.9 Å². The van der Waals surface area contributed by atoms with Gasteiger partial charge in [0, 0.05) is 38.8 Å². The summed E-state index contributed by atoms with van der Waals surface area (Å²) in [5.41, 5.74) is 0. The van der Waals surface area contributed by atoms with Crippen LogP contribution in [0.4, 0.5) is 0 Å². The molecular weight excluding hydrogens is 252 g/mol. The van der Waals surface area contributed by atoms with Crippen LogP contribution in [0, 0.1) is 0 Å². The van der Waals surface area contributed by atoms with E-state index in [1.807, 2.05) is 12.2 Å². The second kappa shape index (κ2) is 10.1. The van der Waals surface area contributed by atoms with Crippen LogP contribution in [0.1, 0.15) is 19.8 Å². The highest BCUT2D eigenvalue weighted by Gasteiger charge is 2.27. The summed E-state index contributed by atoms with van der Waals surface area (Å²) in [7, 11) is 0.